The fraction of sp³-hybridized carbons (Fsp3) is 0.400. The van der Waals surface area contributed by atoms with Crippen LogP contribution in [-0.4, -0.2) is 25.8 Å². The van der Waals surface area contributed by atoms with Crippen LogP contribution in [0.1, 0.15) is 13.8 Å². The number of halogens is 1. The Morgan fingerprint density at radius 3 is 2.41 bits per heavy atom. The lowest BCUT2D eigenvalue weighted by Crippen LogP contribution is -2.35. The van der Waals surface area contributed by atoms with Crippen LogP contribution in [0.5, 0.6) is 0 Å². The third-order valence-electron chi connectivity index (χ3n) is 2.28. The van der Waals surface area contributed by atoms with Crippen molar-refractivity contribution in [3.8, 4) is 0 Å². The average molecular weight is 261 g/mol. The topological polar surface area (TPSA) is 75.4 Å². The van der Waals surface area contributed by atoms with E-state index in [0.717, 1.165) is 6.07 Å². The molecule has 7 heteroatoms. The van der Waals surface area contributed by atoms with Gasteiger partial charge in [0.2, 0.25) is 0 Å². The Kier molecular flexibility index (Phi) is 4.30. The third kappa shape index (κ3) is 3.31. The number of nitrogens with two attached hydrogens (primary N) is 1. The van der Waals surface area contributed by atoms with Crippen LogP contribution in [0.25, 0.3) is 0 Å². The summed E-state index contributed by atoms with van der Waals surface area (Å²) in [6.07, 6.45) is 0. The number of hydrogen-bond donors (Lipinski definition) is 2. The monoisotopic (exact) mass is 261 g/mol. The van der Waals surface area contributed by atoms with E-state index in [1.807, 2.05) is 0 Å². The molecular formula is C10H16FN3O2S. The average Bonchev–Trinajstić information content (AvgIpc) is 2.23. The van der Waals surface area contributed by atoms with E-state index in [4.69, 9.17) is 5.73 Å². The number of anilines is 2. The molecule has 0 amide bonds. The highest BCUT2D eigenvalue weighted by Crippen LogP contribution is 2.19. The first-order valence-electron chi connectivity index (χ1n) is 5.23. The summed E-state index contributed by atoms with van der Waals surface area (Å²) in [6.45, 7) is 4.06. The maximum Gasteiger partial charge on any atom is 0.301 e. The van der Waals surface area contributed by atoms with Crippen molar-refractivity contribution in [3.63, 3.8) is 0 Å². The normalized spacial score (nSPS) is 11.8. The van der Waals surface area contributed by atoms with Crippen molar-refractivity contribution in [2.45, 2.75) is 13.8 Å². The molecule has 0 heterocycles. The molecule has 0 unspecified atom stereocenters. The molecule has 1 aromatic rings. The van der Waals surface area contributed by atoms with Crippen molar-refractivity contribution in [1.29, 1.82) is 0 Å². The summed E-state index contributed by atoms with van der Waals surface area (Å²) < 4.78 is 40.4. The van der Waals surface area contributed by atoms with E-state index in [-0.39, 0.29) is 11.4 Å². The van der Waals surface area contributed by atoms with Crippen molar-refractivity contribution >= 4 is 21.6 Å². The van der Waals surface area contributed by atoms with Gasteiger partial charge in [0.05, 0.1) is 5.69 Å². The zero-order valence-electron chi connectivity index (χ0n) is 9.77. The Labute approximate surface area is 101 Å². The fourth-order valence-corrected chi connectivity index (χ4v) is 2.63. The fourth-order valence-electron chi connectivity index (χ4n) is 1.38. The Morgan fingerprint density at radius 2 is 1.94 bits per heavy atom. The molecule has 96 valence electrons. The van der Waals surface area contributed by atoms with Gasteiger partial charge in [-0.25, -0.2) is 4.39 Å². The molecule has 0 atom stereocenters. The van der Waals surface area contributed by atoms with Gasteiger partial charge in [0, 0.05) is 18.8 Å². The standard InChI is InChI=1S/C10H16FN3O2S/c1-3-14(4-2)17(15,16)13-10-6-5-8(12)7-9(10)11/h5-7,13H,3-4,12H2,1-2H3. The molecule has 0 bridgehead atoms. The molecule has 0 aliphatic heterocycles. The third-order valence-corrected chi connectivity index (χ3v) is 3.95. The lowest BCUT2D eigenvalue weighted by Gasteiger charge is -2.19. The molecule has 5 nitrogen and oxygen atoms in total. The number of nitrogens with one attached hydrogen (secondary N) is 1. The minimum atomic E-state index is -3.71. The van der Waals surface area contributed by atoms with Gasteiger partial charge in [-0.15, -0.1) is 0 Å². The summed E-state index contributed by atoms with van der Waals surface area (Å²) in [5, 5.41) is 0. The first-order valence-corrected chi connectivity index (χ1v) is 6.67. The van der Waals surface area contributed by atoms with Gasteiger partial charge in [-0.3, -0.25) is 4.72 Å². The number of nitrogens with zero attached hydrogens (tertiary/aromatic N) is 1. The molecule has 0 aromatic heterocycles. The van der Waals surface area contributed by atoms with Gasteiger partial charge in [-0.2, -0.15) is 12.7 Å². The van der Waals surface area contributed by atoms with Gasteiger partial charge in [0.15, 0.2) is 0 Å². The highest BCUT2D eigenvalue weighted by atomic mass is 32.2. The first kappa shape index (κ1) is 13.7. The van der Waals surface area contributed by atoms with Crippen molar-refractivity contribution in [2.75, 3.05) is 23.5 Å². The Balaban J connectivity index is 2.98. The van der Waals surface area contributed by atoms with E-state index in [1.54, 1.807) is 13.8 Å². The Hall–Kier alpha value is -1.34. The second-order valence-electron chi connectivity index (χ2n) is 3.43. The molecule has 0 saturated carbocycles. The van der Waals surface area contributed by atoms with Crippen LogP contribution >= 0.6 is 0 Å². The zero-order valence-corrected chi connectivity index (χ0v) is 10.6. The van der Waals surface area contributed by atoms with Crippen LogP contribution in [0.15, 0.2) is 18.2 Å². The van der Waals surface area contributed by atoms with Crippen LogP contribution in [0, 0.1) is 5.82 Å². The second-order valence-corrected chi connectivity index (χ2v) is 5.10. The molecule has 17 heavy (non-hydrogen) atoms. The molecule has 1 rings (SSSR count). The number of nitrogen functional groups attached to an aromatic ring is 1. The van der Waals surface area contributed by atoms with E-state index in [9.17, 15) is 12.8 Å². The maximum atomic E-state index is 13.4. The Morgan fingerprint density at radius 1 is 1.35 bits per heavy atom. The van der Waals surface area contributed by atoms with Gasteiger partial charge in [0.1, 0.15) is 5.82 Å². The van der Waals surface area contributed by atoms with Crippen molar-refractivity contribution in [2.24, 2.45) is 0 Å². The van der Waals surface area contributed by atoms with Crippen molar-refractivity contribution in [1.82, 2.24) is 4.31 Å². The minimum Gasteiger partial charge on any atom is -0.399 e. The van der Waals surface area contributed by atoms with E-state index < -0.39 is 16.0 Å². The van der Waals surface area contributed by atoms with Gasteiger partial charge >= 0.3 is 10.2 Å². The molecule has 0 spiro atoms. The smallest absolute Gasteiger partial charge is 0.301 e. The van der Waals surface area contributed by atoms with Crippen LogP contribution in [0.2, 0.25) is 0 Å². The minimum absolute atomic E-state index is 0.105. The summed E-state index contributed by atoms with van der Waals surface area (Å²) in [5.74, 6) is -0.694. The van der Waals surface area contributed by atoms with Gasteiger partial charge < -0.3 is 5.73 Å². The number of hydrogen-bond acceptors (Lipinski definition) is 3. The van der Waals surface area contributed by atoms with E-state index >= 15 is 0 Å². The van der Waals surface area contributed by atoms with Gasteiger partial charge in [-0.1, -0.05) is 13.8 Å². The molecule has 0 aliphatic rings. The quantitative estimate of drug-likeness (QED) is 0.787. The first-order chi connectivity index (χ1) is 7.90. The predicted molar refractivity (Wildman–Crippen MR) is 66.3 cm³/mol. The summed E-state index contributed by atoms with van der Waals surface area (Å²) in [4.78, 5) is 0. The van der Waals surface area contributed by atoms with Crippen LogP contribution in [0.3, 0.4) is 0 Å². The summed E-state index contributed by atoms with van der Waals surface area (Å²) in [7, 11) is -3.71. The zero-order chi connectivity index (χ0) is 13.1. The van der Waals surface area contributed by atoms with Gasteiger partial charge in [-0.05, 0) is 18.2 Å². The Bertz CT molecular complexity index is 486. The second kappa shape index (κ2) is 5.33. The van der Waals surface area contributed by atoms with E-state index in [2.05, 4.69) is 4.72 Å². The van der Waals surface area contributed by atoms with Crippen molar-refractivity contribution in [3.05, 3.63) is 24.0 Å². The maximum absolute atomic E-state index is 13.4. The van der Waals surface area contributed by atoms with Crippen LogP contribution in [0.4, 0.5) is 15.8 Å². The van der Waals surface area contributed by atoms with Gasteiger partial charge in [0.25, 0.3) is 0 Å². The number of rotatable bonds is 5. The molecule has 3 N–H and O–H groups in total. The highest BCUT2D eigenvalue weighted by molar-refractivity contribution is 7.90. The molecule has 1 aromatic carbocycles. The molecule has 0 fully saturated rings. The largest absolute Gasteiger partial charge is 0.399 e. The molecule has 0 aliphatic carbocycles. The predicted octanol–water partition coefficient (Wildman–Crippen LogP) is 1.41. The lowest BCUT2D eigenvalue weighted by atomic mass is 10.3. The van der Waals surface area contributed by atoms with Crippen molar-refractivity contribution < 1.29 is 12.8 Å². The summed E-state index contributed by atoms with van der Waals surface area (Å²) in [6, 6.07) is 3.80. The summed E-state index contributed by atoms with van der Waals surface area (Å²) in [5.41, 5.74) is 5.51. The molecule has 0 saturated heterocycles. The molecule has 0 radical (unpaired) electrons. The summed E-state index contributed by atoms with van der Waals surface area (Å²) >= 11 is 0. The van der Waals surface area contributed by atoms with E-state index in [1.165, 1.54) is 16.4 Å². The lowest BCUT2D eigenvalue weighted by molar-refractivity contribution is 0.449. The number of benzene rings is 1. The van der Waals surface area contributed by atoms with Crippen LogP contribution < -0.4 is 10.5 Å². The molecular weight excluding hydrogens is 245 g/mol. The SMILES string of the molecule is CCN(CC)S(=O)(=O)Nc1ccc(N)cc1F. The van der Waals surface area contributed by atoms with Crippen LogP contribution in [-0.2, 0) is 10.2 Å². The van der Waals surface area contributed by atoms with E-state index in [0.29, 0.717) is 13.1 Å². The highest BCUT2D eigenvalue weighted by Gasteiger charge is 2.19.